The molecule has 2 aromatic rings. The third-order valence-corrected chi connectivity index (χ3v) is 6.79. The predicted octanol–water partition coefficient (Wildman–Crippen LogP) is 3.63. The van der Waals surface area contributed by atoms with Gasteiger partial charge in [-0.1, -0.05) is 18.2 Å². The molecule has 0 unspecified atom stereocenters. The number of hydrogen-bond acceptors (Lipinski definition) is 4. The highest BCUT2D eigenvalue weighted by atomic mass is 32.2. The second-order valence-corrected chi connectivity index (χ2v) is 9.58. The first kappa shape index (κ1) is 24.1. The molecule has 2 aromatic carbocycles. The van der Waals surface area contributed by atoms with Gasteiger partial charge in [-0.3, -0.25) is 4.79 Å². The summed E-state index contributed by atoms with van der Waals surface area (Å²) in [7, 11) is -2.72. The molecular weight excluding hydrogens is 443 g/mol. The first-order chi connectivity index (χ1) is 15.1. The second-order valence-electron chi connectivity index (χ2n) is 7.81. The molecule has 0 atom stereocenters. The average Bonchev–Trinajstić information content (AvgIpc) is 2.78. The maximum absolute atomic E-state index is 12.8. The fourth-order valence-electron chi connectivity index (χ4n) is 3.54. The molecule has 0 aliphatic carbocycles. The number of nitrogens with one attached hydrogen (secondary N) is 1. The fraction of sp³-hybridized carbons (Fsp3) is 0.409. The number of carbonyl (C=O) groups excluding carboxylic acids is 1. The molecule has 174 valence electrons. The van der Waals surface area contributed by atoms with Crippen LogP contribution in [0.25, 0.3) is 0 Å². The topological polar surface area (TPSA) is 69.7 Å². The summed E-state index contributed by atoms with van der Waals surface area (Å²) >= 11 is 0. The minimum absolute atomic E-state index is 0.282. The molecule has 1 fully saturated rings. The zero-order valence-corrected chi connectivity index (χ0v) is 18.5. The summed E-state index contributed by atoms with van der Waals surface area (Å²) in [5, 5.41) is 0. The lowest BCUT2D eigenvalue weighted by Gasteiger charge is -2.29. The van der Waals surface area contributed by atoms with Crippen molar-refractivity contribution in [3.63, 3.8) is 0 Å². The van der Waals surface area contributed by atoms with E-state index in [1.165, 1.54) is 24.2 Å². The van der Waals surface area contributed by atoms with Crippen molar-refractivity contribution in [1.82, 2.24) is 9.62 Å². The molecule has 1 aliphatic heterocycles. The average molecular weight is 470 g/mol. The minimum Gasteiger partial charge on any atom is -0.372 e. The summed E-state index contributed by atoms with van der Waals surface area (Å²) in [4.78, 5) is 15.5. The molecule has 0 aromatic heterocycles. The van der Waals surface area contributed by atoms with E-state index in [-0.39, 0.29) is 6.54 Å². The molecule has 32 heavy (non-hydrogen) atoms. The van der Waals surface area contributed by atoms with Gasteiger partial charge in [-0.05, 0) is 55.2 Å². The van der Waals surface area contributed by atoms with Crippen molar-refractivity contribution in [1.29, 1.82) is 0 Å². The first-order valence-corrected chi connectivity index (χ1v) is 11.8. The highest BCUT2D eigenvalue weighted by molar-refractivity contribution is 7.89. The minimum atomic E-state index is -4.66. The molecule has 6 nitrogen and oxygen atoms in total. The number of anilines is 1. The van der Waals surface area contributed by atoms with E-state index in [9.17, 15) is 26.4 Å². The first-order valence-electron chi connectivity index (χ1n) is 10.3. The standard InChI is InChI=1S/C22H26F3N3O3S/c1-27(16-17-8-10-19(11-9-17)28-12-3-2-4-13-28)21(29)15-26-32(30,31)20-7-5-6-18(14-20)22(23,24)25/h5-11,14,26H,2-4,12-13,15-16H2,1H3. The van der Waals surface area contributed by atoms with E-state index in [0.29, 0.717) is 6.07 Å². The van der Waals surface area contributed by atoms with Gasteiger partial charge in [0.25, 0.3) is 0 Å². The molecular formula is C22H26F3N3O3S. The molecule has 10 heteroatoms. The van der Waals surface area contributed by atoms with Gasteiger partial charge in [0.2, 0.25) is 15.9 Å². The number of piperidine rings is 1. The maximum Gasteiger partial charge on any atom is 0.416 e. The molecule has 1 amide bonds. The Morgan fingerprint density at radius 2 is 1.72 bits per heavy atom. The number of halogens is 3. The number of amides is 1. The molecule has 1 N–H and O–H groups in total. The van der Waals surface area contributed by atoms with Crippen molar-refractivity contribution in [3.05, 3.63) is 59.7 Å². The van der Waals surface area contributed by atoms with Crippen LogP contribution in [0.1, 0.15) is 30.4 Å². The molecule has 0 spiro atoms. The maximum atomic E-state index is 12.8. The Bertz CT molecular complexity index is 1030. The largest absolute Gasteiger partial charge is 0.416 e. The third-order valence-electron chi connectivity index (χ3n) is 5.39. The predicted molar refractivity (Wildman–Crippen MR) is 116 cm³/mol. The molecule has 3 rings (SSSR count). The zero-order chi connectivity index (χ0) is 23.4. The van der Waals surface area contributed by atoms with Crippen LogP contribution in [-0.2, 0) is 27.5 Å². The van der Waals surface area contributed by atoms with Crippen molar-refractivity contribution >= 4 is 21.6 Å². The second kappa shape index (κ2) is 9.91. The number of alkyl halides is 3. The number of benzene rings is 2. The van der Waals surface area contributed by atoms with Crippen LogP contribution in [0.2, 0.25) is 0 Å². The summed E-state index contributed by atoms with van der Waals surface area (Å²) in [5.74, 6) is -0.499. The summed E-state index contributed by atoms with van der Waals surface area (Å²) < 4.78 is 65.2. The molecule has 0 radical (unpaired) electrons. The van der Waals surface area contributed by atoms with Crippen molar-refractivity contribution in [2.24, 2.45) is 0 Å². The number of sulfonamides is 1. The Morgan fingerprint density at radius 3 is 2.34 bits per heavy atom. The van der Waals surface area contributed by atoms with Gasteiger partial charge in [0.15, 0.2) is 0 Å². The van der Waals surface area contributed by atoms with E-state index in [4.69, 9.17) is 0 Å². The number of nitrogens with zero attached hydrogens (tertiary/aromatic N) is 2. The number of hydrogen-bond donors (Lipinski definition) is 1. The summed E-state index contributed by atoms with van der Waals surface area (Å²) in [6, 6.07) is 11.3. The lowest BCUT2D eigenvalue weighted by Crippen LogP contribution is -2.37. The van der Waals surface area contributed by atoms with E-state index < -0.39 is 39.1 Å². The van der Waals surface area contributed by atoms with E-state index >= 15 is 0 Å². The van der Waals surface area contributed by atoms with Crippen molar-refractivity contribution < 1.29 is 26.4 Å². The van der Waals surface area contributed by atoms with Gasteiger partial charge in [-0.25, -0.2) is 13.1 Å². The van der Waals surface area contributed by atoms with Gasteiger partial charge in [0, 0.05) is 32.4 Å². The number of likely N-dealkylation sites (N-methyl/N-ethyl adjacent to an activating group) is 1. The molecule has 1 heterocycles. The van der Waals surface area contributed by atoms with Gasteiger partial charge in [-0.2, -0.15) is 13.2 Å². The van der Waals surface area contributed by atoms with Gasteiger partial charge in [0.05, 0.1) is 17.0 Å². The lowest BCUT2D eigenvalue weighted by atomic mass is 10.1. The number of rotatable bonds is 7. The highest BCUT2D eigenvalue weighted by Gasteiger charge is 2.31. The van der Waals surface area contributed by atoms with Gasteiger partial charge >= 0.3 is 6.18 Å². The monoisotopic (exact) mass is 469 g/mol. The van der Waals surface area contributed by atoms with Crippen molar-refractivity contribution in [3.8, 4) is 0 Å². The van der Waals surface area contributed by atoms with E-state index in [1.807, 2.05) is 24.3 Å². The van der Waals surface area contributed by atoms with Gasteiger partial charge < -0.3 is 9.80 Å². The highest BCUT2D eigenvalue weighted by Crippen LogP contribution is 2.30. The summed E-state index contributed by atoms with van der Waals surface area (Å²) in [5.41, 5.74) is 0.954. The quantitative estimate of drug-likeness (QED) is 0.673. The smallest absolute Gasteiger partial charge is 0.372 e. The van der Waals surface area contributed by atoms with Crippen LogP contribution in [-0.4, -0.2) is 45.9 Å². The molecule has 0 bridgehead atoms. The Morgan fingerprint density at radius 1 is 1.06 bits per heavy atom. The molecule has 1 aliphatic rings. The molecule has 0 saturated carbocycles. The SMILES string of the molecule is CN(Cc1ccc(N2CCCCC2)cc1)C(=O)CNS(=O)(=O)c1cccc(C(F)(F)F)c1. The van der Waals surface area contributed by atoms with E-state index in [1.54, 1.807) is 7.05 Å². The Kier molecular flexibility index (Phi) is 7.45. The van der Waals surface area contributed by atoms with E-state index in [2.05, 4.69) is 9.62 Å². The summed E-state index contributed by atoms with van der Waals surface area (Å²) in [6.45, 7) is 1.79. The summed E-state index contributed by atoms with van der Waals surface area (Å²) in [6.07, 6.45) is -1.06. The van der Waals surface area contributed by atoms with Crippen LogP contribution in [0.4, 0.5) is 18.9 Å². The number of carbonyl (C=O) groups is 1. The van der Waals surface area contributed by atoms with Crippen LogP contribution in [0.5, 0.6) is 0 Å². The van der Waals surface area contributed by atoms with E-state index in [0.717, 1.165) is 42.5 Å². The van der Waals surface area contributed by atoms with Crippen LogP contribution in [0.3, 0.4) is 0 Å². The lowest BCUT2D eigenvalue weighted by molar-refractivity contribution is -0.137. The van der Waals surface area contributed by atoms with Crippen LogP contribution >= 0.6 is 0 Å². The third kappa shape index (κ3) is 6.23. The van der Waals surface area contributed by atoms with Crippen LogP contribution < -0.4 is 9.62 Å². The van der Waals surface area contributed by atoms with Gasteiger partial charge in [0.1, 0.15) is 0 Å². The Hall–Kier alpha value is -2.59. The fourth-order valence-corrected chi connectivity index (χ4v) is 4.56. The van der Waals surface area contributed by atoms with Crippen molar-refractivity contribution in [2.45, 2.75) is 36.9 Å². The Labute approximate surface area is 186 Å². The van der Waals surface area contributed by atoms with Crippen LogP contribution in [0.15, 0.2) is 53.4 Å². The van der Waals surface area contributed by atoms with Gasteiger partial charge in [-0.15, -0.1) is 0 Å². The normalized spacial score (nSPS) is 14.9. The molecule has 1 saturated heterocycles. The zero-order valence-electron chi connectivity index (χ0n) is 17.7. The van der Waals surface area contributed by atoms with Crippen LogP contribution in [0, 0.1) is 0 Å². The van der Waals surface area contributed by atoms with Crippen molar-refractivity contribution in [2.75, 3.05) is 31.6 Å². The Balaban J connectivity index is 1.56.